The Morgan fingerprint density at radius 3 is 2.58 bits per heavy atom. The number of unbranched alkanes of at least 4 members (excludes halogenated alkanes) is 3. The number of rotatable bonds is 6. The van der Waals surface area contributed by atoms with Crippen LogP contribution >= 0.6 is 22.7 Å². The van der Waals surface area contributed by atoms with Crippen LogP contribution in [0.1, 0.15) is 66.3 Å². The Labute approximate surface area is 153 Å². The third-order valence-electron chi connectivity index (χ3n) is 5.13. The van der Waals surface area contributed by atoms with E-state index < -0.39 is 0 Å². The van der Waals surface area contributed by atoms with Gasteiger partial charge in [0.15, 0.2) is 0 Å². The van der Waals surface area contributed by atoms with Gasteiger partial charge in [-0.15, -0.1) is 22.7 Å². The number of aryl methyl sites for hydroxylation is 3. The maximum absolute atomic E-state index is 2.52. The summed E-state index contributed by atoms with van der Waals surface area (Å²) in [5.41, 5.74) is 4.73. The molecule has 0 radical (unpaired) electrons. The molecule has 0 aromatic carbocycles. The molecule has 0 atom stereocenters. The molecule has 0 N–H and O–H groups in total. The quantitative estimate of drug-likeness (QED) is 0.473. The summed E-state index contributed by atoms with van der Waals surface area (Å²) in [6.07, 6.45) is 18.4. The monoisotopic (exact) mass is 354 g/mol. The van der Waals surface area contributed by atoms with E-state index in [4.69, 9.17) is 0 Å². The van der Waals surface area contributed by atoms with Gasteiger partial charge in [0.2, 0.25) is 0 Å². The molecule has 0 bridgehead atoms. The maximum atomic E-state index is 2.52. The summed E-state index contributed by atoms with van der Waals surface area (Å²) < 4.78 is 0. The van der Waals surface area contributed by atoms with E-state index in [2.05, 4.69) is 48.6 Å². The molecule has 0 saturated carbocycles. The molecule has 0 aliphatic heterocycles. The molecular formula is C22H26S2. The predicted octanol–water partition coefficient (Wildman–Crippen LogP) is 7.43. The summed E-state index contributed by atoms with van der Waals surface area (Å²) in [4.78, 5) is 6.28. The minimum absolute atomic E-state index is 1.11. The van der Waals surface area contributed by atoms with E-state index in [1.54, 1.807) is 25.8 Å². The minimum atomic E-state index is 1.11. The van der Waals surface area contributed by atoms with Crippen LogP contribution in [-0.4, -0.2) is 0 Å². The van der Waals surface area contributed by atoms with Crippen molar-refractivity contribution in [3.8, 4) is 9.75 Å². The average Bonchev–Trinajstić information content (AvgIpc) is 3.30. The van der Waals surface area contributed by atoms with Crippen molar-refractivity contribution in [2.45, 2.75) is 64.7 Å². The molecule has 0 saturated heterocycles. The standard InChI is InChI=1S/C22H26S2/c1-2-3-4-5-13-19-14-17-11-8-12-18-15-20(16-9-6-7-10-16)24-22(18)21(17)23-19/h6-7,9,14-15H,2-5,8,10-13H2,1H3. The highest BCUT2D eigenvalue weighted by molar-refractivity contribution is 7.23. The first-order valence-corrected chi connectivity index (χ1v) is 11.1. The zero-order chi connectivity index (χ0) is 16.4. The van der Waals surface area contributed by atoms with Gasteiger partial charge in [0.05, 0.1) is 0 Å². The fourth-order valence-corrected chi connectivity index (χ4v) is 6.47. The lowest BCUT2D eigenvalue weighted by Crippen LogP contribution is -1.85. The topological polar surface area (TPSA) is 0 Å². The Hall–Kier alpha value is -1.12. The first kappa shape index (κ1) is 16.4. The third kappa shape index (κ3) is 3.32. The lowest BCUT2D eigenvalue weighted by molar-refractivity contribution is 0.670. The zero-order valence-corrected chi connectivity index (χ0v) is 16.2. The molecule has 2 aromatic rings. The lowest BCUT2D eigenvalue weighted by Gasteiger charge is -1.98. The Bertz CT molecular complexity index is 770. The largest absolute Gasteiger partial charge is 0.139 e. The van der Waals surface area contributed by atoms with Gasteiger partial charge in [0.25, 0.3) is 0 Å². The average molecular weight is 355 g/mol. The number of allylic oxidation sites excluding steroid dienone is 4. The van der Waals surface area contributed by atoms with E-state index in [0.717, 1.165) is 6.42 Å². The van der Waals surface area contributed by atoms with Gasteiger partial charge in [-0.1, -0.05) is 44.4 Å². The van der Waals surface area contributed by atoms with Crippen molar-refractivity contribution < 1.29 is 0 Å². The van der Waals surface area contributed by atoms with Crippen LogP contribution < -0.4 is 0 Å². The van der Waals surface area contributed by atoms with Gasteiger partial charge in [-0.25, -0.2) is 0 Å². The molecule has 24 heavy (non-hydrogen) atoms. The van der Waals surface area contributed by atoms with Crippen LogP contribution in [0.3, 0.4) is 0 Å². The first-order valence-electron chi connectivity index (χ1n) is 9.46. The summed E-state index contributed by atoms with van der Waals surface area (Å²) in [5.74, 6) is 0. The smallest absolute Gasteiger partial charge is 0.0483 e. The molecule has 0 nitrogen and oxygen atoms in total. The second-order valence-corrected chi connectivity index (χ2v) is 9.21. The van der Waals surface area contributed by atoms with Crippen LogP contribution in [0.15, 0.2) is 30.4 Å². The van der Waals surface area contributed by atoms with Crippen molar-refractivity contribution in [1.82, 2.24) is 0 Å². The molecule has 0 fully saturated rings. The second-order valence-electron chi connectivity index (χ2n) is 7.02. The van der Waals surface area contributed by atoms with Gasteiger partial charge in [0, 0.05) is 19.5 Å². The van der Waals surface area contributed by atoms with E-state index in [1.807, 2.05) is 11.3 Å². The van der Waals surface area contributed by atoms with Crippen molar-refractivity contribution in [1.29, 1.82) is 0 Å². The van der Waals surface area contributed by atoms with E-state index in [-0.39, 0.29) is 0 Å². The second kappa shape index (κ2) is 7.41. The van der Waals surface area contributed by atoms with Gasteiger partial charge >= 0.3 is 0 Å². The Morgan fingerprint density at radius 1 is 0.958 bits per heavy atom. The number of fused-ring (bicyclic) bond motifs is 3. The fourth-order valence-electron chi connectivity index (χ4n) is 3.78. The summed E-state index contributed by atoms with van der Waals surface area (Å²) in [5, 5.41) is 0. The molecule has 2 heterocycles. The molecule has 2 aliphatic carbocycles. The fraction of sp³-hybridized carbons (Fsp3) is 0.455. The van der Waals surface area contributed by atoms with E-state index in [0.29, 0.717) is 0 Å². The van der Waals surface area contributed by atoms with Crippen LogP contribution in [0.2, 0.25) is 0 Å². The summed E-state index contributed by atoms with van der Waals surface area (Å²) in [6, 6.07) is 5.01. The number of hydrogen-bond acceptors (Lipinski definition) is 2. The molecule has 0 spiro atoms. The van der Waals surface area contributed by atoms with Crippen molar-refractivity contribution >= 4 is 28.2 Å². The Balaban J connectivity index is 1.59. The summed E-state index contributed by atoms with van der Waals surface area (Å²) >= 11 is 4.12. The van der Waals surface area contributed by atoms with Crippen LogP contribution in [0, 0.1) is 0 Å². The van der Waals surface area contributed by atoms with E-state index >= 15 is 0 Å². The third-order valence-corrected chi connectivity index (χ3v) is 7.79. The van der Waals surface area contributed by atoms with Gasteiger partial charge in [-0.2, -0.15) is 0 Å². The minimum Gasteiger partial charge on any atom is -0.139 e. The van der Waals surface area contributed by atoms with Crippen molar-refractivity contribution in [2.24, 2.45) is 0 Å². The molecule has 2 aliphatic rings. The highest BCUT2D eigenvalue weighted by atomic mass is 32.1. The Morgan fingerprint density at radius 2 is 1.79 bits per heavy atom. The highest BCUT2D eigenvalue weighted by Gasteiger charge is 2.21. The first-order chi connectivity index (χ1) is 11.8. The molecule has 4 rings (SSSR count). The number of hydrogen-bond donors (Lipinski definition) is 0. The van der Waals surface area contributed by atoms with Crippen LogP contribution in [0.4, 0.5) is 0 Å². The summed E-state index contributed by atoms with van der Waals surface area (Å²) in [7, 11) is 0. The van der Waals surface area contributed by atoms with Crippen molar-refractivity contribution in [3.05, 3.63) is 51.2 Å². The molecule has 0 amide bonds. The summed E-state index contributed by atoms with van der Waals surface area (Å²) in [6.45, 7) is 2.29. The van der Waals surface area contributed by atoms with Crippen molar-refractivity contribution in [3.63, 3.8) is 0 Å². The zero-order valence-electron chi connectivity index (χ0n) is 14.6. The highest BCUT2D eigenvalue weighted by Crippen LogP contribution is 2.45. The van der Waals surface area contributed by atoms with Gasteiger partial charge < -0.3 is 0 Å². The molecule has 2 heteroatoms. The van der Waals surface area contributed by atoms with Crippen LogP contribution in [0.25, 0.3) is 15.3 Å². The SMILES string of the molecule is CCCCCCc1cc2c(s1)-c1sc(C3=CC=CC3)cc1CCC2. The van der Waals surface area contributed by atoms with Crippen molar-refractivity contribution in [2.75, 3.05) is 0 Å². The molecule has 0 unspecified atom stereocenters. The molecular weight excluding hydrogens is 328 g/mol. The Kier molecular flexibility index (Phi) is 5.05. The normalized spacial score (nSPS) is 16.0. The molecule has 126 valence electrons. The van der Waals surface area contributed by atoms with Crippen LogP contribution in [-0.2, 0) is 19.3 Å². The molecule has 2 aromatic heterocycles. The predicted molar refractivity (Wildman–Crippen MR) is 109 cm³/mol. The van der Waals surface area contributed by atoms with Gasteiger partial charge in [-0.3, -0.25) is 0 Å². The number of thiophene rings is 2. The van der Waals surface area contributed by atoms with E-state index in [9.17, 15) is 0 Å². The van der Waals surface area contributed by atoms with Crippen LogP contribution in [0.5, 0.6) is 0 Å². The lowest BCUT2D eigenvalue weighted by atomic mass is 10.1. The van der Waals surface area contributed by atoms with E-state index in [1.165, 1.54) is 61.8 Å². The van der Waals surface area contributed by atoms with Gasteiger partial charge in [-0.05, 0) is 67.4 Å². The van der Waals surface area contributed by atoms with Gasteiger partial charge in [0.1, 0.15) is 0 Å². The maximum Gasteiger partial charge on any atom is 0.0483 e.